The van der Waals surface area contributed by atoms with Crippen LogP contribution in [-0.2, 0) is 10.0 Å². The summed E-state index contributed by atoms with van der Waals surface area (Å²) in [5, 5.41) is 13.2. The van der Waals surface area contributed by atoms with E-state index >= 15 is 0 Å². The third-order valence-corrected chi connectivity index (χ3v) is 5.41. The number of hydrogen-bond donors (Lipinski definition) is 2. The Morgan fingerprint density at radius 3 is 2.14 bits per heavy atom. The minimum absolute atomic E-state index is 0.0770. The van der Waals surface area contributed by atoms with Gasteiger partial charge in [0.05, 0.1) is 11.0 Å². The molecule has 0 amide bonds. The van der Waals surface area contributed by atoms with Gasteiger partial charge in [-0.05, 0) is 32.9 Å². The summed E-state index contributed by atoms with van der Waals surface area (Å²) in [6, 6.07) is 6.80. The molecule has 0 bridgehead atoms. The van der Waals surface area contributed by atoms with Crippen molar-refractivity contribution in [3.63, 3.8) is 0 Å². The summed E-state index contributed by atoms with van der Waals surface area (Å²) >= 11 is 0. The molecule has 1 aromatic rings. The third-order valence-electron chi connectivity index (χ3n) is 3.36. The van der Waals surface area contributed by atoms with E-state index in [0.717, 1.165) is 5.56 Å². The van der Waals surface area contributed by atoms with Gasteiger partial charge in [0.25, 0.3) is 0 Å². The van der Waals surface area contributed by atoms with Crippen molar-refractivity contribution in [2.45, 2.75) is 57.7 Å². The number of rotatable bonds is 8. The van der Waals surface area contributed by atoms with Crippen molar-refractivity contribution in [3.8, 4) is 0 Å². The molecule has 0 aromatic heterocycles. The molecular weight excluding hydrogens is 300 g/mol. The molecule has 1 unspecified atom stereocenters. The van der Waals surface area contributed by atoms with Crippen LogP contribution in [0.3, 0.4) is 0 Å². The molecule has 6 heteroatoms. The van der Waals surface area contributed by atoms with Gasteiger partial charge in [0.2, 0.25) is 10.0 Å². The Bertz CT molecular complexity index is 553. The second kappa shape index (κ2) is 8.06. The molecule has 0 aliphatic heterocycles. The van der Waals surface area contributed by atoms with Crippen LogP contribution in [0.15, 0.2) is 29.2 Å². The van der Waals surface area contributed by atoms with E-state index in [9.17, 15) is 13.5 Å². The molecule has 2 N–H and O–H groups in total. The van der Waals surface area contributed by atoms with Crippen LogP contribution in [0.4, 0.5) is 0 Å². The minimum atomic E-state index is -3.61. The molecule has 0 spiro atoms. The summed E-state index contributed by atoms with van der Waals surface area (Å²) in [5.41, 5.74) is 1.01. The van der Waals surface area contributed by atoms with Gasteiger partial charge in [-0.25, -0.2) is 8.42 Å². The number of aliphatic hydroxyl groups is 1. The summed E-state index contributed by atoms with van der Waals surface area (Å²) in [6.07, 6.45) is -0.745. The van der Waals surface area contributed by atoms with Crippen LogP contribution in [0, 0.1) is 6.92 Å². The number of hydrogen-bond acceptors (Lipinski definition) is 4. The first-order valence-electron chi connectivity index (χ1n) is 7.64. The van der Waals surface area contributed by atoms with Crippen LogP contribution in [0.25, 0.3) is 0 Å². The highest BCUT2D eigenvalue weighted by Gasteiger charge is 2.28. The fourth-order valence-corrected chi connectivity index (χ4v) is 3.75. The second-order valence-corrected chi connectivity index (χ2v) is 8.09. The van der Waals surface area contributed by atoms with Crippen LogP contribution in [0.1, 0.15) is 33.3 Å². The van der Waals surface area contributed by atoms with Gasteiger partial charge in [-0.1, -0.05) is 31.5 Å². The smallest absolute Gasteiger partial charge is 0.243 e. The Hall–Kier alpha value is -0.950. The Morgan fingerprint density at radius 1 is 1.14 bits per heavy atom. The fraction of sp³-hybridized carbons (Fsp3) is 0.625. The van der Waals surface area contributed by atoms with Crippen LogP contribution in [-0.4, -0.2) is 49.1 Å². The van der Waals surface area contributed by atoms with E-state index in [2.05, 4.69) is 5.32 Å². The number of benzene rings is 1. The summed E-state index contributed by atoms with van der Waals surface area (Å²) in [7, 11) is -3.61. The van der Waals surface area contributed by atoms with Gasteiger partial charge < -0.3 is 10.4 Å². The summed E-state index contributed by atoms with van der Waals surface area (Å²) < 4.78 is 26.9. The topological polar surface area (TPSA) is 69.6 Å². The van der Waals surface area contributed by atoms with Gasteiger partial charge in [-0.2, -0.15) is 4.31 Å². The zero-order chi connectivity index (χ0) is 16.9. The molecule has 0 aliphatic carbocycles. The highest BCUT2D eigenvalue weighted by atomic mass is 32.2. The first-order valence-corrected chi connectivity index (χ1v) is 9.08. The largest absolute Gasteiger partial charge is 0.390 e. The molecule has 1 atom stereocenters. The predicted molar refractivity (Wildman–Crippen MR) is 89.4 cm³/mol. The van der Waals surface area contributed by atoms with Crippen molar-refractivity contribution < 1.29 is 13.5 Å². The summed E-state index contributed by atoms with van der Waals surface area (Å²) in [6.45, 7) is 9.95. The molecule has 0 saturated carbocycles. The lowest BCUT2D eigenvalue weighted by molar-refractivity contribution is 0.132. The van der Waals surface area contributed by atoms with Gasteiger partial charge in [-0.3, -0.25) is 0 Å². The number of sulfonamides is 1. The van der Waals surface area contributed by atoms with Gasteiger partial charge in [0.15, 0.2) is 0 Å². The normalized spacial score (nSPS) is 14.0. The quantitative estimate of drug-likeness (QED) is 0.763. The molecule has 1 rings (SSSR count). The van der Waals surface area contributed by atoms with Gasteiger partial charge >= 0.3 is 0 Å². The third kappa shape index (κ3) is 5.35. The molecule has 0 saturated heterocycles. The zero-order valence-corrected chi connectivity index (χ0v) is 14.9. The maximum atomic E-state index is 12.8. The van der Waals surface area contributed by atoms with E-state index in [1.165, 1.54) is 4.31 Å². The molecule has 0 radical (unpaired) electrons. The van der Waals surface area contributed by atoms with Gasteiger partial charge in [0.1, 0.15) is 0 Å². The van der Waals surface area contributed by atoms with E-state index in [4.69, 9.17) is 0 Å². The van der Waals surface area contributed by atoms with E-state index < -0.39 is 16.1 Å². The second-order valence-electron chi connectivity index (χ2n) is 6.20. The summed E-state index contributed by atoms with van der Waals surface area (Å²) in [4.78, 5) is 0.260. The molecule has 126 valence electrons. The van der Waals surface area contributed by atoms with E-state index in [0.29, 0.717) is 6.54 Å². The lowest BCUT2D eigenvalue weighted by Gasteiger charge is -2.28. The molecule has 22 heavy (non-hydrogen) atoms. The SMILES string of the molecule is Cc1ccc(S(=O)(=O)N(CC(O)CNC(C)C)C(C)C)cc1. The van der Waals surface area contributed by atoms with Crippen molar-refractivity contribution in [1.29, 1.82) is 0 Å². The van der Waals surface area contributed by atoms with Crippen LogP contribution in [0.2, 0.25) is 0 Å². The van der Waals surface area contributed by atoms with Crippen molar-refractivity contribution in [2.24, 2.45) is 0 Å². The number of nitrogens with zero attached hydrogens (tertiary/aromatic N) is 1. The minimum Gasteiger partial charge on any atom is -0.390 e. The van der Waals surface area contributed by atoms with Gasteiger partial charge in [0, 0.05) is 25.2 Å². The molecule has 0 heterocycles. The molecule has 0 aliphatic rings. The predicted octanol–water partition coefficient (Wildman–Crippen LogP) is 1.75. The monoisotopic (exact) mass is 328 g/mol. The summed E-state index contributed by atoms with van der Waals surface area (Å²) in [5.74, 6) is 0. The Labute approximate surface area is 134 Å². The van der Waals surface area contributed by atoms with E-state index in [-0.39, 0.29) is 23.5 Å². The number of aryl methyl sites for hydroxylation is 1. The molecule has 0 fully saturated rings. The first kappa shape index (κ1) is 19.1. The molecule has 1 aromatic carbocycles. The molecular formula is C16H28N2O3S. The van der Waals surface area contributed by atoms with Gasteiger partial charge in [-0.15, -0.1) is 0 Å². The average Bonchev–Trinajstić information content (AvgIpc) is 2.42. The van der Waals surface area contributed by atoms with E-state index in [1.54, 1.807) is 24.3 Å². The van der Waals surface area contributed by atoms with Crippen molar-refractivity contribution in [1.82, 2.24) is 9.62 Å². The lowest BCUT2D eigenvalue weighted by atomic mass is 10.2. The Balaban J connectivity index is 2.92. The number of nitrogens with one attached hydrogen (secondary N) is 1. The molecule has 5 nitrogen and oxygen atoms in total. The maximum Gasteiger partial charge on any atom is 0.243 e. The standard InChI is InChI=1S/C16H28N2O3S/c1-12(2)17-10-15(19)11-18(13(3)4)22(20,21)16-8-6-14(5)7-9-16/h6-9,12-13,15,17,19H,10-11H2,1-5H3. The van der Waals surface area contributed by atoms with Crippen LogP contribution in [0.5, 0.6) is 0 Å². The zero-order valence-electron chi connectivity index (χ0n) is 14.1. The van der Waals surface area contributed by atoms with Crippen molar-refractivity contribution in [2.75, 3.05) is 13.1 Å². The highest BCUT2D eigenvalue weighted by molar-refractivity contribution is 7.89. The number of aliphatic hydroxyl groups excluding tert-OH is 1. The highest BCUT2D eigenvalue weighted by Crippen LogP contribution is 2.19. The van der Waals surface area contributed by atoms with Crippen LogP contribution >= 0.6 is 0 Å². The van der Waals surface area contributed by atoms with Crippen molar-refractivity contribution in [3.05, 3.63) is 29.8 Å². The van der Waals surface area contributed by atoms with E-state index in [1.807, 2.05) is 34.6 Å². The Kier molecular flexibility index (Phi) is 6.99. The Morgan fingerprint density at radius 2 is 1.68 bits per heavy atom. The lowest BCUT2D eigenvalue weighted by Crippen LogP contribution is -2.45. The average molecular weight is 328 g/mol. The maximum absolute atomic E-state index is 12.8. The van der Waals surface area contributed by atoms with Crippen molar-refractivity contribution >= 4 is 10.0 Å². The first-order chi connectivity index (χ1) is 10.1. The fourth-order valence-electron chi connectivity index (χ4n) is 2.08. The van der Waals surface area contributed by atoms with Crippen LogP contribution < -0.4 is 5.32 Å².